The Morgan fingerprint density at radius 3 is 0.812 bits per heavy atom. The van der Waals surface area contributed by atoms with Gasteiger partial charge < -0.3 is 4.57 Å². The summed E-state index contributed by atoms with van der Waals surface area (Å²) in [6, 6.07) is 73.0. The molecule has 0 atom stereocenters. The third-order valence-corrected chi connectivity index (χ3v) is 14.3. The van der Waals surface area contributed by atoms with Gasteiger partial charge in [-0.15, -0.1) is 0 Å². The van der Waals surface area contributed by atoms with Crippen molar-refractivity contribution in [1.29, 1.82) is 47.4 Å². The molecule has 9 aromatic carbocycles. The number of hydrogen-bond acceptors (Lipinski definition) is 10. The number of benzene rings is 9. The highest BCUT2D eigenvalue weighted by Crippen LogP contribution is 2.43. The molecule has 0 unspecified atom stereocenters. The average molecular weight is 1020 g/mol. The van der Waals surface area contributed by atoms with Gasteiger partial charge in [-0.1, -0.05) is 36.4 Å². The highest BCUT2D eigenvalue weighted by molar-refractivity contribution is 6.13. The molecular weight excluding hydrogens is 985 g/mol. The Hall–Kier alpha value is -12.9. The fourth-order valence-electron chi connectivity index (χ4n) is 10.7. The molecule has 3 aromatic heterocycles. The molecule has 0 saturated heterocycles. The molecule has 0 saturated carbocycles. The molecule has 362 valence electrons. The Labute approximate surface area is 456 Å². The van der Waals surface area contributed by atoms with Crippen molar-refractivity contribution in [3.8, 4) is 122 Å². The van der Waals surface area contributed by atoms with Gasteiger partial charge in [0.15, 0.2) is 0 Å². The van der Waals surface area contributed by atoms with E-state index >= 15 is 0 Å². The lowest BCUT2D eigenvalue weighted by molar-refractivity contribution is 1.06. The van der Waals surface area contributed by atoms with Gasteiger partial charge in [-0.3, -0.25) is 4.57 Å². The maximum Gasteiger partial charge on any atom is 0.138 e. The van der Waals surface area contributed by atoms with E-state index in [1.165, 1.54) is 0 Å². The zero-order valence-corrected chi connectivity index (χ0v) is 41.7. The third-order valence-electron chi connectivity index (χ3n) is 14.3. The minimum atomic E-state index is 0.344. The molecule has 12 rings (SSSR count). The van der Waals surface area contributed by atoms with Crippen molar-refractivity contribution in [2.45, 2.75) is 0 Å². The summed E-state index contributed by atoms with van der Waals surface area (Å²) in [4.78, 5) is 5.29. The highest BCUT2D eigenvalue weighted by Gasteiger charge is 2.22. The smallest absolute Gasteiger partial charge is 0.138 e. The summed E-state index contributed by atoms with van der Waals surface area (Å²) >= 11 is 0. The van der Waals surface area contributed by atoms with E-state index in [1.807, 2.05) is 97.2 Å². The summed E-state index contributed by atoms with van der Waals surface area (Å²) in [6.07, 6.45) is 1.82. The summed E-state index contributed by atoms with van der Waals surface area (Å²) in [5.74, 6) is 0.548. The zero-order chi connectivity index (χ0) is 55.2. The van der Waals surface area contributed by atoms with E-state index in [1.54, 1.807) is 84.9 Å². The molecule has 0 radical (unpaired) electrons. The van der Waals surface area contributed by atoms with Crippen LogP contribution in [0.4, 0.5) is 0 Å². The maximum absolute atomic E-state index is 9.94. The van der Waals surface area contributed by atoms with E-state index in [9.17, 15) is 47.4 Å². The van der Waals surface area contributed by atoms with Crippen molar-refractivity contribution in [3.05, 3.63) is 232 Å². The molecule has 0 spiro atoms. The fraction of sp³-hybridized carbons (Fsp3) is 0. The largest absolute Gasteiger partial charge is 0.307 e. The Kier molecular flexibility index (Phi) is 11.7. The number of rotatable bonds is 7. The van der Waals surface area contributed by atoms with Crippen LogP contribution in [0.5, 0.6) is 0 Å². The summed E-state index contributed by atoms with van der Waals surface area (Å²) in [5.41, 5.74) is 14.4. The summed E-state index contributed by atoms with van der Waals surface area (Å²) in [5, 5.41) is 92.6. The summed E-state index contributed by atoms with van der Waals surface area (Å²) in [6.45, 7) is 0. The van der Waals surface area contributed by atoms with Crippen LogP contribution in [0.1, 0.15) is 50.1 Å². The standard InChI is InChI=1S/C68H30N12/c69-30-40-1-3-49(4-2-40)58-29-68(80-65-11-7-52(56-21-45(35-74)15-46(22-56)36-75)27-61(65)62-28-53(8-12-66(62)80)57-23-47(37-76)16-48(24-57)38-77)78-39-67(58)79-63-9-5-50(54-17-41(31-70)13-42(18-54)32-71)25-59(63)60-26-51(6-10-64(60)79)55-19-43(33-72)14-44(20-55)34-73/h1-29,39H. The second-order valence-corrected chi connectivity index (χ2v) is 18.9. The van der Waals surface area contributed by atoms with E-state index < -0.39 is 0 Å². The molecule has 0 fully saturated rings. The first kappa shape index (κ1) is 48.1. The van der Waals surface area contributed by atoms with Crippen LogP contribution >= 0.6 is 0 Å². The van der Waals surface area contributed by atoms with E-state index in [0.717, 1.165) is 77.0 Å². The van der Waals surface area contributed by atoms with Crippen LogP contribution < -0.4 is 0 Å². The summed E-state index contributed by atoms with van der Waals surface area (Å²) in [7, 11) is 0. The minimum Gasteiger partial charge on any atom is -0.307 e. The molecule has 80 heavy (non-hydrogen) atoms. The molecule has 0 bridgehead atoms. The molecule has 0 aliphatic carbocycles. The van der Waals surface area contributed by atoms with Crippen LogP contribution in [0, 0.1) is 102 Å². The van der Waals surface area contributed by atoms with Crippen molar-refractivity contribution in [3.63, 3.8) is 0 Å². The predicted molar refractivity (Wildman–Crippen MR) is 303 cm³/mol. The van der Waals surface area contributed by atoms with E-state index in [4.69, 9.17) is 4.98 Å². The second-order valence-electron chi connectivity index (χ2n) is 18.9. The fourth-order valence-corrected chi connectivity index (χ4v) is 10.7. The average Bonchev–Trinajstić information content (AvgIpc) is 4.23. The Morgan fingerprint density at radius 2 is 0.525 bits per heavy atom. The molecule has 12 heteroatoms. The Balaban J connectivity index is 1.13. The molecule has 12 nitrogen and oxygen atoms in total. The number of nitrogens with zero attached hydrogens (tertiary/aromatic N) is 12. The van der Waals surface area contributed by atoms with Crippen molar-refractivity contribution < 1.29 is 0 Å². The highest BCUT2D eigenvalue weighted by atomic mass is 15.1. The van der Waals surface area contributed by atoms with Gasteiger partial charge in [-0.2, -0.15) is 47.4 Å². The van der Waals surface area contributed by atoms with Gasteiger partial charge in [-0.05, 0) is 190 Å². The predicted octanol–water partition coefficient (Wildman–Crippen LogP) is 14.5. The SMILES string of the molecule is N#Cc1ccc(-c2cc(-n3c4ccc(-c5cc(C#N)cc(C#N)c5)cc4c4cc(-c5cc(C#N)cc(C#N)c5)ccc43)ncc2-n2c3ccc(-c4cc(C#N)cc(C#N)c4)cc3c3cc(-c4cc(C#N)cc(C#N)c4)ccc32)cc1. The number of pyridine rings is 1. The first-order valence-corrected chi connectivity index (χ1v) is 24.7. The second kappa shape index (κ2) is 19.4. The van der Waals surface area contributed by atoms with Gasteiger partial charge in [0.05, 0.1) is 139 Å². The van der Waals surface area contributed by atoms with Crippen LogP contribution in [-0.2, 0) is 0 Å². The molecule has 0 amide bonds. The van der Waals surface area contributed by atoms with Crippen molar-refractivity contribution in [2.75, 3.05) is 0 Å². The van der Waals surface area contributed by atoms with Gasteiger partial charge in [0.25, 0.3) is 0 Å². The van der Waals surface area contributed by atoms with Gasteiger partial charge in [-0.25, -0.2) is 4.98 Å². The molecule has 0 aliphatic heterocycles. The number of aromatic nitrogens is 3. The van der Waals surface area contributed by atoms with Crippen LogP contribution in [0.15, 0.2) is 182 Å². The third kappa shape index (κ3) is 8.26. The van der Waals surface area contributed by atoms with Crippen LogP contribution in [-0.4, -0.2) is 14.1 Å². The normalized spacial score (nSPS) is 10.6. The van der Waals surface area contributed by atoms with Crippen molar-refractivity contribution >= 4 is 43.6 Å². The van der Waals surface area contributed by atoms with Gasteiger partial charge in [0, 0.05) is 27.1 Å². The van der Waals surface area contributed by atoms with Crippen LogP contribution in [0.3, 0.4) is 0 Å². The Bertz CT molecular complexity index is 4730. The lowest BCUT2D eigenvalue weighted by Gasteiger charge is -2.17. The van der Waals surface area contributed by atoms with E-state index in [2.05, 4.69) is 63.8 Å². The van der Waals surface area contributed by atoms with Crippen LogP contribution in [0.2, 0.25) is 0 Å². The zero-order valence-electron chi connectivity index (χ0n) is 41.7. The Morgan fingerprint density at radius 1 is 0.250 bits per heavy atom. The maximum atomic E-state index is 9.94. The van der Waals surface area contributed by atoms with Crippen LogP contribution in [0.25, 0.3) is 111 Å². The monoisotopic (exact) mass is 1010 g/mol. The van der Waals surface area contributed by atoms with Gasteiger partial charge >= 0.3 is 0 Å². The lowest BCUT2D eigenvalue weighted by atomic mass is 9.97. The summed E-state index contributed by atoms with van der Waals surface area (Å²) < 4.78 is 4.19. The minimum absolute atomic E-state index is 0.344. The number of fused-ring (bicyclic) bond motifs is 6. The van der Waals surface area contributed by atoms with E-state index in [0.29, 0.717) is 83.8 Å². The topological polar surface area (TPSA) is 237 Å². The van der Waals surface area contributed by atoms with Crippen molar-refractivity contribution in [1.82, 2.24) is 14.1 Å². The number of nitriles is 9. The molecule has 0 aliphatic rings. The first-order chi connectivity index (χ1) is 39.1. The molecular formula is C68H30N12. The molecule has 12 aromatic rings. The number of hydrogen-bond donors (Lipinski definition) is 0. The van der Waals surface area contributed by atoms with Crippen molar-refractivity contribution in [2.24, 2.45) is 0 Å². The molecule has 3 heterocycles. The first-order valence-electron chi connectivity index (χ1n) is 24.7. The lowest BCUT2D eigenvalue weighted by Crippen LogP contribution is -2.03. The van der Waals surface area contributed by atoms with Gasteiger partial charge in [0.2, 0.25) is 0 Å². The quantitative estimate of drug-likeness (QED) is 0.146. The van der Waals surface area contributed by atoms with Gasteiger partial charge in [0.1, 0.15) is 5.82 Å². The molecule has 0 N–H and O–H groups in total. The van der Waals surface area contributed by atoms with E-state index in [-0.39, 0.29) is 0 Å².